The first-order chi connectivity index (χ1) is 6.29. The van der Waals surface area contributed by atoms with Crippen LogP contribution < -0.4 is 11.1 Å². The number of hydrogen-bond acceptors (Lipinski definition) is 3. The highest BCUT2D eigenvalue weighted by molar-refractivity contribution is 7.08. The van der Waals surface area contributed by atoms with Gasteiger partial charge < -0.3 is 11.1 Å². The molecule has 1 aromatic rings. The molecule has 3 N–H and O–H groups in total. The highest BCUT2D eigenvalue weighted by Gasteiger charge is 2.17. The van der Waals surface area contributed by atoms with E-state index in [1.807, 2.05) is 23.8 Å². The lowest BCUT2D eigenvalue weighted by Crippen LogP contribution is -2.32. The molecule has 0 spiro atoms. The maximum atomic E-state index is 11.5. The fourth-order valence-corrected chi connectivity index (χ4v) is 1.88. The van der Waals surface area contributed by atoms with Crippen molar-refractivity contribution in [3.8, 4) is 0 Å². The molecule has 0 bridgehead atoms. The van der Waals surface area contributed by atoms with Gasteiger partial charge in [-0.3, -0.25) is 4.79 Å². The summed E-state index contributed by atoms with van der Waals surface area (Å²) in [6.45, 7) is 2.92. The molecule has 13 heavy (non-hydrogen) atoms. The van der Waals surface area contributed by atoms with E-state index < -0.39 is 0 Å². The van der Waals surface area contributed by atoms with Crippen LogP contribution in [0, 0.1) is 0 Å². The molecule has 0 saturated carbocycles. The summed E-state index contributed by atoms with van der Waals surface area (Å²) in [5.74, 6) is -0.172. The molecule has 72 valence electrons. The minimum atomic E-state index is -0.189. The van der Waals surface area contributed by atoms with Crippen LogP contribution in [-0.4, -0.2) is 19.0 Å². The lowest BCUT2D eigenvalue weighted by atomic mass is 10.0. The molecular weight excluding hydrogens is 184 g/mol. The Morgan fingerprint density at radius 3 is 3.00 bits per heavy atom. The molecule has 0 aliphatic rings. The Labute approximate surface area is 81.9 Å². The standard InChI is InChI=1S/C9H14N2OS/c1-2-11-9(12)8(5-10)7-3-4-13-6-7/h3-4,6,8H,2,5,10H2,1H3,(H,11,12). The first-order valence-corrected chi connectivity index (χ1v) is 5.23. The van der Waals surface area contributed by atoms with Crippen molar-refractivity contribution in [1.29, 1.82) is 0 Å². The van der Waals surface area contributed by atoms with Crippen molar-refractivity contribution < 1.29 is 4.79 Å². The van der Waals surface area contributed by atoms with E-state index in [1.165, 1.54) is 0 Å². The van der Waals surface area contributed by atoms with Crippen LogP contribution in [0.25, 0.3) is 0 Å². The molecule has 3 nitrogen and oxygen atoms in total. The Morgan fingerprint density at radius 1 is 1.77 bits per heavy atom. The summed E-state index contributed by atoms with van der Waals surface area (Å²) in [7, 11) is 0. The number of carbonyl (C=O) groups is 1. The molecule has 4 heteroatoms. The van der Waals surface area contributed by atoms with Gasteiger partial charge in [0.2, 0.25) is 5.91 Å². The van der Waals surface area contributed by atoms with E-state index in [0.717, 1.165) is 5.56 Å². The second kappa shape index (κ2) is 4.99. The van der Waals surface area contributed by atoms with Gasteiger partial charge in [-0.15, -0.1) is 0 Å². The number of nitrogens with one attached hydrogen (secondary N) is 1. The fraction of sp³-hybridized carbons (Fsp3) is 0.444. The van der Waals surface area contributed by atoms with E-state index in [2.05, 4.69) is 5.32 Å². The normalized spacial score (nSPS) is 12.5. The van der Waals surface area contributed by atoms with E-state index >= 15 is 0 Å². The van der Waals surface area contributed by atoms with Crippen LogP contribution in [0.5, 0.6) is 0 Å². The summed E-state index contributed by atoms with van der Waals surface area (Å²) in [5.41, 5.74) is 6.55. The maximum absolute atomic E-state index is 11.5. The highest BCUT2D eigenvalue weighted by atomic mass is 32.1. The first-order valence-electron chi connectivity index (χ1n) is 4.29. The van der Waals surface area contributed by atoms with Gasteiger partial charge in [-0.1, -0.05) is 0 Å². The zero-order valence-electron chi connectivity index (χ0n) is 7.62. The number of thiophene rings is 1. The minimum absolute atomic E-state index is 0.0170. The molecule has 0 aliphatic heterocycles. The molecule has 0 fully saturated rings. The van der Waals surface area contributed by atoms with Crippen LogP contribution in [0.4, 0.5) is 0 Å². The second-order valence-corrected chi connectivity index (χ2v) is 3.52. The zero-order valence-corrected chi connectivity index (χ0v) is 8.43. The third-order valence-electron chi connectivity index (χ3n) is 1.85. The summed E-state index contributed by atoms with van der Waals surface area (Å²) in [6.07, 6.45) is 0. The molecule has 1 heterocycles. The van der Waals surface area contributed by atoms with Gasteiger partial charge in [-0.05, 0) is 29.3 Å². The van der Waals surface area contributed by atoms with Crippen molar-refractivity contribution in [2.75, 3.05) is 13.1 Å². The van der Waals surface area contributed by atoms with E-state index in [0.29, 0.717) is 13.1 Å². The zero-order chi connectivity index (χ0) is 9.68. The molecule has 0 aliphatic carbocycles. The van der Waals surface area contributed by atoms with Crippen LogP contribution in [0.2, 0.25) is 0 Å². The van der Waals surface area contributed by atoms with Gasteiger partial charge in [0.05, 0.1) is 5.92 Å². The van der Waals surface area contributed by atoms with Gasteiger partial charge in [0, 0.05) is 13.1 Å². The molecule has 1 unspecified atom stereocenters. The van der Waals surface area contributed by atoms with Crippen molar-refractivity contribution >= 4 is 17.2 Å². The number of amides is 1. The predicted molar refractivity (Wildman–Crippen MR) is 54.8 cm³/mol. The van der Waals surface area contributed by atoms with Crippen molar-refractivity contribution in [1.82, 2.24) is 5.32 Å². The van der Waals surface area contributed by atoms with Gasteiger partial charge >= 0.3 is 0 Å². The van der Waals surface area contributed by atoms with Gasteiger partial charge in [0.1, 0.15) is 0 Å². The average Bonchev–Trinajstić information content (AvgIpc) is 2.59. The number of hydrogen-bond donors (Lipinski definition) is 2. The van der Waals surface area contributed by atoms with Crippen LogP contribution in [0.15, 0.2) is 16.8 Å². The van der Waals surface area contributed by atoms with Crippen LogP contribution in [0.1, 0.15) is 18.4 Å². The average molecular weight is 198 g/mol. The predicted octanol–water partition coefficient (Wildman–Crippen LogP) is 0.927. The van der Waals surface area contributed by atoms with Gasteiger partial charge in [-0.25, -0.2) is 0 Å². The topological polar surface area (TPSA) is 55.1 Å². The summed E-state index contributed by atoms with van der Waals surface area (Å²) in [5, 5.41) is 6.69. The Hall–Kier alpha value is -0.870. The number of carbonyl (C=O) groups excluding carboxylic acids is 1. The second-order valence-electron chi connectivity index (χ2n) is 2.74. The third-order valence-corrected chi connectivity index (χ3v) is 2.55. The number of rotatable bonds is 4. The highest BCUT2D eigenvalue weighted by Crippen LogP contribution is 2.17. The van der Waals surface area contributed by atoms with E-state index in [4.69, 9.17) is 5.73 Å². The van der Waals surface area contributed by atoms with Gasteiger partial charge in [0.15, 0.2) is 0 Å². The van der Waals surface area contributed by atoms with Crippen molar-refractivity contribution in [3.63, 3.8) is 0 Å². The van der Waals surface area contributed by atoms with Gasteiger partial charge in [-0.2, -0.15) is 11.3 Å². The molecule has 1 aromatic heterocycles. The molecule has 0 radical (unpaired) electrons. The largest absolute Gasteiger partial charge is 0.356 e. The molecule has 1 amide bonds. The Kier molecular flexibility index (Phi) is 3.92. The van der Waals surface area contributed by atoms with Crippen molar-refractivity contribution in [3.05, 3.63) is 22.4 Å². The SMILES string of the molecule is CCNC(=O)C(CN)c1ccsc1. The fourth-order valence-electron chi connectivity index (χ4n) is 1.17. The van der Waals surface area contributed by atoms with E-state index in [9.17, 15) is 4.79 Å². The molecular formula is C9H14N2OS. The lowest BCUT2D eigenvalue weighted by Gasteiger charge is -2.12. The third kappa shape index (κ3) is 2.54. The Morgan fingerprint density at radius 2 is 2.54 bits per heavy atom. The Bertz CT molecular complexity index is 259. The van der Waals surface area contributed by atoms with Crippen LogP contribution in [-0.2, 0) is 4.79 Å². The first kappa shape index (κ1) is 10.2. The summed E-state index contributed by atoms with van der Waals surface area (Å²) in [4.78, 5) is 11.5. The van der Waals surface area contributed by atoms with Crippen LogP contribution in [0.3, 0.4) is 0 Å². The quantitative estimate of drug-likeness (QED) is 0.756. The smallest absolute Gasteiger partial charge is 0.228 e. The summed E-state index contributed by atoms with van der Waals surface area (Å²) >= 11 is 1.58. The lowest BCUT2D eigenvalue weighted by molar-refractivity contribution is -0.122. The maximum Gasteiger partial charge on any atom is 0.228 e. The molecule has 1 atom stereocenters. The van der Waals surface area contributed by atoms with E-state index in [-0.39, 0.29) is 11.8 Å². The summed E-state index contributed by atoms with van der Waals surface area (Å²) < 4.78 is 0. The summed E-state index contributed by atoms with van der Waals surface area (Å²) in [6, 6.07) is 1.94. The molecule has 1 rings (SSSR count). The Balaban J connectivity index is 2.68. The van der Waals surface area contributed by atoms with E-state index in [1.54, 1.807) is 11.3 Å². The van der Waals surface area contributed by atoms with Crippen LogP contribution >= 0.6 is 11.3 Å². The van der Waals surface area contributed by atoms with Gasteiger partial charge in [0.25, 0.3) is 0 Å². The monoisotopic (exact) mass is 198 g/mol. The molecule has 0 saturated heterocycles. The number of likely N-dealkylation sites (N-methyl/N-ethyl adjacent to an activating group) is 1. The minimum Gasteiger partial charge on any atom is -0.356 e. The van der Waals surface area contributed by atoms with Crippen molar-refractivity contribution in [2.24, 2.45) is 5.73 Å². The molecule has 0 aromatic carbocycles. The van der Waals surface area contributed by atoms with Crippen molar-refractivity contribution in [2.45, 2.75) is 12.8 Å². The number of nitrogens with two attached hydrogens (primary N) is 1.